The third-order valence-electron chi connectivity index (χ3n) is 20.7. The van der Waals surface area contributed by atoms with Gasteiger partial charge in [-0.2, -0.15) is 0 Å². The molecule has 6 aromatic rings. The first kappa shape index (κ1) is 48.6. The maximum absolute atomic E-state index is 2.84. The van der Waals surface area contributed by atoms with Gasteiger partial charge in [0.05, 0.1) is 5.69 Å². The van der Waals surface area contributed by atoms with Crippen molar-refractivity contribution in [3.05, 3.63) is 154 Å². The van der Waals surface area contributed by atoms with Gasteiger partial charge in [-0.3, -0.25) is 0 Å². The Kier molecular flexibility index (Phi) is 10.5. The van der Waals surface area contributed by atoms with Gasteiger partial charge in [-0.1, -0.05) is 170 Å². The van der Waals surface area contributed by atoms with Crippen LogP contribution in [0.5, 0.6) is 0 Å². The standard InChI is InChI=1S/C70H81BN2S/c1-41(2)44-23-26-56-58(34-44)73(57-39-52(66(7,8)9)51(33-42(57)3)65(4,5)6)60-36-45(48-22-18-20-43-19-16-17-21-47(43)48)35-59-62(60)71(56)64-63(72(59)46-24-25-50-53(37-46)68(12,13)28-27-67(50,10)11)49-38-54-55(40-61(49)74-64)70(15)31-29-69(54,14)30-32-70/h16-26,33,35-41,44,50,53H,27-32,34H2,1-15H3. The number of hydrogen-bond donors (Lipinski definition) is 0. The van der Waals surface area contributed by atoms with Crippen molar-refractivity contribution < 1.29 is 0 Å². The number of allylic oxidation sites excluding steroid dienone is 7. The summed E-state index contributed by atoms with van der Waals surface area (Å²) < 4.78 is 2.98. The Morgan fingerprint density at radius 3 is 1.93 bits per heavy atom. The van der Waals surface area contributed by atoms with Gasteiger partial charge in [0.2, 0.25) is 0 Å². The second kappa shape index (κ2) is 16.0. The maximum Gasteiger partial charge on any atom is 0.264 e. The molecule has 0 radical (unpaired) electrons. The number of fused-ring (bicyclic) bond motifs is 9. The Bertz CT molecular complexity index is 3500. The number of nitrogens with zero attached hydrogens (tertiary/aromatic N) is 2. The van der Waals surface area contributed by atoms with Gasteiger partial charge in [-0.05, 0) is 205 Å². The summed E-state index contributed by atoms with van der Waals surface area (Å²) in [5, 5.41) is 4.05. The molecular weight excluding hydrogens is 912 g/mol. The lowest BCUT2D eigenvalue weighted by Gasteiger charge is -2.52. The zero-order valence-corrected chi connectivity index (χ0v) is 48.3. The molecule has 74 heavy (non-hydrogen) atoms. The summed E-state index contributed by atoms with van der Waals surface area (Å²) in [6, 6.07) is 32.0. The number of hydrogen-bond acceptors (Lipinski definition) is 3. The lowest BCUT2D eigenvalue weighted by Crippen LogP contribution is -2.56. The average molecular weight is 993 g/mol. The highest BCUT2D eigenvalue weighted by atomic mass is 32.1. The predicted octanol–water partition coefficient (Wildman–Crippen LogP) is 18.5. The zero-order valence-electron chi connectivity index (χ0n) is 47.5. The fourth-order valence-electron chi connectivity index (χ4n) is 15.7. The van der Waals surface area contributed by atoms with Crippen LogP contribution in [0, 0.1) is 41.4 Å². The topological polar surface area (TPSA) is 6.48 Å². The van der Waals surface area contributed by atoms with Crippen molar-refractivity contribution in [2.24, 2.45) is 34.5 Å². The Hall–Kier alpha value is -5.06. The Morgan fingerprint density at radius 1 is 0.635 bits per heavy atom. The van der Waals surface area contributed by atoms with E-state index < -0.39 is 0 Å². The van der Waals surface area contributed by atoms with Crippen LogP contribution in [-0.2, 0) is 21.7 Å². The SMILES string of the molecule is Cc1cc(C(C)(C)C)c(C(C)(C)C)cc1N1C2=C(C=CC(C(C)C)C2)B2c3sc4cc5c(cc4c3N(C3=CC4C(C=C3)C(C)(C)CCC4(C)C)c3cc(-c4cccc6ccccc46)cc1c32)C1(C)CCC5(C)CC1. The van der Waals surface area contributed by atoms with E-state index in [1.54, 1.807) is 11.1 Å². The van der Waals surface area contributed by atoms with Gasteiger partial charge in [0.25, 0.3) is 6.71 Å². The summed E-state index contributed by atoms with van der Waals surface area (Å²) in [4.78, 5) is 5.65. The molecule has 380 valence electrons. The molecule has 0 N–H and O–H groups in total. The van der Waals surface area contributed by atoms with Crippen LogP contribution in [-0.4, -0.2) is 6.71 Å². The van der Waals surface area contributed by atoms with Crippen molar-refractivity contribution in [3.63, 3.8) is 0 Å². The molecule has 2 saturated carbocycles. The second-order valence-corrected chi connectivity index (χ2v) is 30.0. The van der Waals surface area contributed by atoms with Gasteiger partial charge in [-0.25, -0.2) is 0 Å². The molecule has 5 aromatic carbocycles. The zero-order chi connectivity index (χ0) is 52.0. The van der Waals surface area contributed by atoms with Gasteiger partial charge in [-0.15, -0.1) is 11.3 Å². The Morgan fingerprint density at radius 2 is 1.26 bits per heavy atom. The van der Waals surface area contributed by atoms with E-state index in [1.807, 2.05) is 0 Å². The highest BCUT2D eigenvalue weighted by Gasteiger charge is 2.52. The summed E-state index contributed by atoms with van der Waals surface area (Å²) in [5.74, 6) is 1.88. The Balaban J connectivity index is 1.18. The van der Waals surface area contributed by atoms with Gasteiger partial charge in [0, 0.05) is 43.3 Å². The van der Waals surface area contributed by atoms with Crippen molar-refractivity contribution in [1.29, 1.82) is 0 Å². The lowest BCUT2D eigenvalue weighted by molar-refractivity contribution is 0.0327. The van der Waals surface area contributed by atoms with Crippen LogP contribution in [0.15, 0.2) is 126 Å². The summed E-state index contributed by atoms with van der Waals surface area (Å²) >= 11 is 2.12. The fourth-order valence-corrected chi connectivity index (χ4v) is 17.1. The van der Waals surface area contributed by atoms with Gasteiger partial charge >= 0.3 is 0 Å². The highest BCUT2D eigenvalue weighted by molar-refractivity contribution is 7.33. The molecule has 3 unspecified atom stereocenters. The molecular formula is C70H81BN2S. The van der Waals surface area contributed by atoms with E-state index >= 15 is 0 Å². The third-order valence-corrected chi connectivity index (χ3v) is 21.9. The quantitative estimate of drug-likeness (QED) is 0.162. The molecule has 2 nitrogen and oxygen atoms in total. The third kappa shape index (κ3) is 7.07. The average Bonchev–Trinajstić information content (AvgIpc) is 3.73. The Labute approximate surface area is 449 Å². The largest absolute Gasteiger partial charge is 0.315 e. The smallest absolute Gasteiger partial charge is 0.264 e. The van der Waals surface area contributed by atoms with Crippen LogP contribution in [0.1, 0.15) is 170 Å². The van der Waals surface area contributed by atoms with E-state index in [-0.39, 0.29) is 39.2 Å². The molecule has 6 aliphatic carbocycles. The number of benzene rings is 5. The number of aryl methyl sites for hydroxylation is 1. The summed E-state index contributed by atoms with van der Waals surface area (Å²) in [6.07, 6.45) is 21.9. The normalized spacial score (nSPS) is 26.4. The predicted molar refractivity (Wildman–Crippen MR) is 322 cm³/mol. The highest BCUT2D eigenvalue weighted by Crippen LogP contribution is 2.61. The number of thiophene rings is 1. The van der Waals surface area contributed by atoms with Gasteiger partial charge in [0.1, 0.15) is 0 Å². The minimum atomic E-state index is -0.0492. The first-order valence-corrected chi connectivity index (χ1v) is 29.5. The molecule has 3 atom stereocenters. The van der Waals surface area contributed by atoms with Gasteiger partial charge < -0.3 is 9.80 Å². The number of anilines is 4. The molecule has 3 heterocycles. The van der Waals surface area contributed by atoms with Crippen molar-refractivity contribution in [2.75, 3.05) is 9.80 Å². The van der Waals surface area contributed by atoms with E-state index in [2.05, 4.69) is 234 Å². The van der Waals surface area contributed by atoms with Crippen molar-refractivity contribution in [1.82, 2.24) is 0 Å². The summed E-state index contributed by atoms with van der Waals surface area (Å²) in [6.45, 7) is 37.2. The van der Waals surface area contributed by atoms with Crippen LogP contribution < -0.4 is 20.0 Å². The minimum Gasteiger partial charge on any atom is -0.315 e. The molecule has 2 fully saturated rings. The van der Waals surface area contributed by atoms with Crippen molar-refractivity contribution in [3.8, 4) is 11.1 Å². The maximum atomic E-state index is 2.84. The van der Waals surface area contributed by atoms with Crippen LogP contribution in [0.2, 0.25) is 0 Å². The number of rotatable bonds is 4. The van der Waals surface area contributed by atoms with E-state index in [0.717, 1.165) is 6.42 Å². The molecule has 4 heteroatoms. The van der Waals surface area contributed by atoms with E-state index in [4.69, 9.17) is 0 Å². The van der Waals surface area contributed by atoms with Crippen molar-refractivity contribution in [2.45, 2.75) is 170 Å². The van der Waals surface area contributed by atoms with E-state index in [9.17, 15) is 0 Å². The molecule has 0 spiro atoms. The minimum absolute atomic E-state index is 0.00110. The van der Waals surface area contributed by atoms with Crippen LogP contribution in [0.3, 0.4) is 0 Å². The first-order chi connectivity index (χ1) is 34.9. The fraction of sp³-hybridized carbons (Fsp3) is 0.457. The van der Waals surface area contributed by atoms with Gasteiger partial charge in [0.15, 0.2) is 0 Å². The van der Waals surface area contributed by atoms with Crippen LogP contribution >= 0.6 is 11.3 Å². The van der Waals surface area contributed by atoms with Crippen molar-refractivity contribution >= 4 is 71.9 Å². The first-order valence-electron chi connectivity index (χ1n) is 28.7. The molecule has 2 aliphatic heterocycles. The monoisotopic (exact) mass is 993 g/mol. The molecule has 1 aromatic heterocycles. The molecule has 0 amide bonds. The van der Waals surface area contributed by atoms with Crippen LogP contribution in [0.4, 0.5) is 22.7 Å². The summed E-state index contributed by atoms with van der Waals surface area (Å²) in [5.41, 5.74) is 22.1. The second-order valence-electron chi connectivity index (χ2n) is 28.9. The van der Waals surface area contributed by atoms with Crippen LogP contribution in [0.25, 0.3) is 32.0 Å². The molecule has 2 bridgehead atoms. The molecule has 8 aliphatic rings. The summed E-state index contributed by atoms with van der Waals surface area (Å²) in [7, 11) is 0. The molecule has 0 saturated heterocycles. The van der Waals surface area contributed by atoms with E-state index in [0.29, 0.717) is 23.7 Å². The van der Waals surface area contributed by atoms with E-state index in [1.165, 1.54) is 137 Å². The molecule has 14 rings (SSSR count). The lowest BCUT2D eigenvalue weighted by atomic mass is 9.35.